The lowest BCUT2D eigenvalue weighted by Gasteiger charge is -2.11. The summed E-state index contributed by atoms with van der Waals surface area (Å²) in [6.07, 6.45) is 0.922. The molecule has 0 radical (unpaired) electrons. The summed E-state index contributed by atoms with van der Waals surface area (Å²) in [6.45, 7) is 0.377. The molecule has 1 unspecified atom stereocenters. The van der Waals surface area contributed by atoms with E-state index in [0.717, 1.165) is 6.42 Å². The van der Waals surface area contributed by atoms with E-state index < -0.39 is 5.97 Å². The lowest BCUT2D eigenvalue weighted by atomic mass is 10.1. The van der Waals surface area contributed by atoms with Crippen molar-refractivity contribution in [2.24, 2.45) is 0 Å². The van der Waals surface area contributed by atoms with E-state index in [1.165, 1.54) is 10.5 Å². The van der Waals surface area contributed by atoms with Crippen LogP contribution in [-0.4, -0.2) is 17.8 Å². The van der Waals surface area contributed by atoms with Crippen LogP contribution in [0.15, 0.2) is 47.4 Å². The van der Waals surface area contributed by atoms with Crippen molar-refractivity contribution < 1.29 is 9.53 Å². The van der Waals surface area contributed by atoms with Crippen LogP contribution in [-0.2, 0) is 11.2 Å². The summed E-state index contributed by atoms with van der Waals surface area (Å²) in [6, 6.07) is 13.1. The van der Waals surface area contributed by atoms with Crippen molar-refractivity contribution >= 4 is 29.1 Å². The Balaban J connectivity index is 1.60. The Morgan fingerprint density at radius 1 is 1.24 bits per heavy atom. The molecule has 1 atom stereocenters. The van der Waals surface area contributed by atoms with E-state index in [2.05, 4.69) is 12.1 Å². The number of ether oxygens (including phenoxy) is 1. The molecule has 2 aromatic carbocycles. The van der Waals surface area contributed by atoms with Crippen molar-refractivity contribution in [2.75, 3.05) is 18.1 Å². The molecule has 0 aromatic heterocycles. The largest absolute Gasteiger partial charge is 0.461 e. The Hall–Kier alpha value is -2.14. The molecule has 0 aliphatic carbocycles. The third kappa shape index (κ3) is 2.97. The molecule has 1 heterocycles. The van der Waals surface area contributed by atoms with Gasteiger partial charge in [-0.25, -0.2) is 4.79 Å². The molecule has 0 amide bonds. The molecule has 1 aliphatic heterocycles. The van der Waals surface area contributed by atoms with Gasteiger partial charge in [-0.05, 0) is 36.2 Å². The van der Waals surface area contributed by atoms with E-state index in [4.69, 9.17) is 16.2 Å². The summed E-state index contributed by atoms with van der Waals surface area (Å²) < 4.78 is 5.38. The molecule has 0 saturated carbocycles. The molecule has 108 valence electrons. The molecule has 2 aromatic rings. The van der Waals surface area contributed by atoms with Gasteiger partial charge in [-0.15, -0.1) is 11.8 Å². The van der Waals surface area contributed by atoms with Crippen LogP contribution in [0.1, 0.15) is 15.9 Å². The number of hydrogen-bond donors (Lipinski definition) is 2. The Labute approximate surface area is 127 Å². The molecule has 4 N–H and O–H groups in total. The average molecular weight is 300 g/mol. The Morgan fingerprint density at radius 2 is 2.05 bits per heavy atom. The highest BCUT2D eigenvalue weighted by molar-refractivity contribution is 8.00. The van der Waals surface area contributed by atoms with Gasteiger partial charge in [0.15, 0.2) is 0 Å². The number of nitrogens with two attached hydrogens (primary N) is 2. The number of nitrogen functional groups attached to an aromatic ring is 2. The monoisotopic (exact) mass is 300 g/mol. The summed E-state index contributed by atoms with van der Waals surface area (Å²) in [7, 11) is 0. The van der Waals surface area contributed by atoms with E-state index in [0.29, 0.717) is 23.5 Å². The quantitative estimate of drug-likeness (QED) is 0.673. The molecular weight excluding hydrogens is 284 g/mol. The van der Waals surface area contributed by atoms with E-state index in [1.807, 2.05) is 12.1 Å². The van der Waals surface area contributed by atoms with Crippen molar-refractivity contribution in [1.82, 2.24) is 0 Å². The van der Waals surface area contributed by atoms with Crippen molar-refractivity contribution in [3.05, 3.63) is 53.6 Å². The minimum absolute atomic E-state index is 0.265. The predicted molar refractivity (Wildman–Crippen MR) is 85.3 cm³/mol. The fourth-order valence-electron chi connectivity index (χ4n) is 2.36. The first-order chi connectivity index (χ1) is 10.1. The highest BCUT2D eigenvalue weighted by atomic mass is 32.2. The van der Waals surface area contributed by atoms with E-state index in [1.54, 1.807) is 30.0 Å². The van der Waals surface area contributed by atoms with Crippen LogP contribution in [0.4, 0.5) is 11.4 Å². The van der Waals surface area contributed by atoms with Gasteiger partial charge in [0.2, 0.25) is 0 Å². The van der Waals surface area contributed by atoms with Crippen molar-refractivity contribution in [2.45, 2.75) is 16.6 Å². The van der Waals surface area contributed by atoms with Gasteiger partial charge < -0.3 is 16.2 Å². The molecule has 21 heavy (non-hydrogen) atoms. The Morgan fingerprint density at radius 3 is 2.81 bits per heavy atom. The first kappa shape index (κ1) is 13.8. The van der Waals surface area contributed by atoms with Crippen molar-refractivity contribution in [3.8, 4) is 0 Å². The molecule has 3 rings (SSSR count). The first-order valence-electron chi connectivity index (χ1n) is 6.70. The maximum absolute atomic E-state index is 12.1. The topological polar surface area (TPSA) is 78.3 Å². The maximum Gasteiger partial charge on any atom is 0.340 e. The van der Waals surface area contributed by atoms with Gasteiger partial charge >= 0.3 is 5.97 Å². The fourth-order valence-corrected chi connectivity index (χ4v) is 3.58. The van der Waals surface area contributed by atoms with Crippen molar-refractivity contribution in [3.63, 3.8) is 0 Å². The SMILES string of the molecule is Nc1ccc(C(=O)OCC2Cc3ccccc3S2)c(N)c1. The third-order valence-electron chi connectivity index (χ3n) is 3.41. The van der Waals surface area contributed by atoms with Crippen molar-refractivity contribution in [1.29, 1.82) is 0 Å². The Kier molecular flexibility index (Phi) is 3.75. The minimum Gasteiger partial charge on any atom is -0.461 e. The molecule has 0 saturated heterocycles. The maximum atomic E-state index is 12.1. The number of thioether (sulfide) groups is 1. The van der Waals surface area contributed by atoms with Gasteiger partial charge in [0.25, 0.3) is 0 Å². The van der Waals surface area contributed by atoms with Crippen LogP contribution in [0, 0.1) is 0 Å². The van der Waals surface area contributed by atoms with E-state index >= 15 is 0 Å². The summed E-state index contributed by atoms with van der Waals surface area (Å²) in [5.74, 6) is -0.399. The standard InChI is InChI=1S/C16H16N2O2S/c17-11-5-6-13(14(18)8-11)16(19)20-9-12-7-10-3-1-2-4-15(10)21-12/h1-6,8,12H,7,9,17-18H2. The second kappa shape index (κ2) is 5.69. The molecule has 0 bridgehead atoms. The van der Waals surface area contributed by atoms with E-state index in [-0.39, 0.29) is 5.25 Å². The second-order valence-electron chi connectivity index (χ2n) is 5.00. The zero-order valence-corrected chi connectivity index (χ0v) is 12.2. The highest BCUT2D eigenvalue weighted by Gasteiger charge is 2.23. The number of hydrogen-bond acceptors (Lipinski definition) is 5. The molecule has 4 nitrogen and oxygen atoms in total. The number of benzene rings is 2. The zero-order valence-electron chi connectivity index (χ0n) is 11.4. The van der Waals surface area contributed by atoms with Gasteiger partial charge in [0.05, 0.1) is 5.56 Å². The smallest absolute Gasteiger partial charge is 0.340 e. The van der Waals surface area contributed by atoms with Crippen LogP contribution in [0.5, 0.6) is 0 Å². The number of fused-ring (bicyclic) bond motifs is 1. The van der Waals surface area contributed by atoms with Gasteiger partial charge in [0, 0.05) is 21.5 Å². The van der Waals surface area contributed by atoms with Crippen LogP contribution in [0.2, 0.25) is 0 Å². The van der Waals surface area contributed by atoms with Crippen LogP contribution < -0.4 is 11.5 Å². The Bertz CT molecular complexity index is 663. The lowest BCUT2D eigenvalue weighted by molar-refractivity contribution is 0.0508. The highest BCUT2D eigenvalue weighted by Crippen LogP contribution is 2.36. The molecular formula is C16H16N2O2S. The predicted octanol–water partition coefficient (Wildman–Crippen LogP) is 2.72. The first-order valence-corrected chi connectivity index (χ1v) is 7.58. The summed E-state index contributed by atoms with van der Waals surface area (Å²) in [5.41, 5.74) is 14.0. The number of carbonyl (C=O) groups excluding carboxylic acids is 1. The van der Waals surface area contributed by atoms with Gasteiger partial charge in [-0.3, -0.25) is 0 Å². The number of carbonyl (C=O) groups is 1. The molecule has 1 aliphatic rings. The number of rotatable bonds is 3. The normalized spacial score (nSPS) is 16.5. The summed E-state index contributed by atoms with van der Waals surface area (Å²) >= 11 is 1.75. The fraction of sp³-hybridized carbons (Fsp3) is 0.188. The van der Waals surface area contributed by atoms with Gasteiger partial charge in [0.1, 0.15) is 6.61 Å². The summed E-state index contributed by atoms with van der Waals surface area (Å²) in [5, 5.41) is 0.265. The van der Waals surface area contributed by atoms with Gasteiger partial charge in [-0.1, -0.05) is 18.2 Å². The van der Waals surface area contributed by atoms with Crippen LogP contribution in [0.25, 0.3) is 0 Å². The third-order valence-corrected chi connectivity index (χ3v) is 4.70. The van der Waals surface area contributed by atoms with Crippen LogP contribution >= 0.6 is 11.8 Å². The number of esters is 1. The van der Waals surface area contributed by atoms with E-state index in [9.17, 15) is 4.79 Å². The minimum atomic E-state index is -0.399. The lowest BCUT2D eigenvalue weighted by Crippen LogP contribution is -2.16. The summed E-state index contributed by atoms with van der Waals surface area (Å²) in [4.78, 5) is 13.3. The van der Waals surface area contributed by atoms with Gasteiger partial charge in [-0.2, -0.15) is 0 Å². The zero-order chi connectivity index (χ0) is 14.8. The van der Waals surface area contributed by atoms with Crippen LogP contribution in [0.3, 0.4) is 0 Å². The molecule has 5 heteroatoms. The second-order valence-corrected chi connectivity index (χ2v) is 6.34. The number of anilines is 2. The average Bonchev–Trinajstić information content (AvgIpc) is 2.87. The molecule has 0 fully saturated rings. The molecule has 0 spiro atoms.